The van der Waals surface area contributed by atoms with Gasteiger partial charge in [0.1, 0.15) is 0 Å². The van der Waals surface area contributed by atoms with E-state index < -0.39 is 11.7 Å². The summed E-state index contributed by atoms with van der Waals surface area (Å²) in [7, 11) is 1.58. The van der Waals surface area contributed by atoms with Crippen LogP contribution >= 0.6 is 0 Å². The second-order valence-electron chi connectivity index (χ2n) is 4.57. The van der Waals surface area contributed by atoms with Crippen molar-refractivity contribution in [3.05, 3.63) is 42.5 Å². The number of halogens is 3. The molecule has 0 atom stereocenters. The van der Waals surface area contributed by atoms with Crippen LogP contribution in [0.15, 0.2) is 36.9 Å². The van der Waals surface area contributed by atoms with E-state index in [0.29, 0.717) is 5.69 Å². The number of rotatable bonds is 2. The Morgan fingerprint density at radius 1 is 1.33 bits per heavy atom. The molecule has 1 aliphatic rings. The number of carbonyl (C=O) groups excluding carboxylic acids is 1. The topological polar surface area (TPSA) is 32.3 Å². The van der Waals surface area contributed by atoms with E-state index in [-0.39, 0.29) is 5.91 Å². The van der Waals surface area contributed by atoms with E-state index in [4.69, 9.17) is 0 Å². The molecule has 0 spiro atoms. The summed E-state index contributed by atoms with van der Waals surface area (Å²) in [6.07, 6.45) is -0.572. The normalized spacial score (nSPS) is 14.2. The average molecular weight is 300 g/mol. The lowest BCUT2D eigenvalue weighted by atomic mass is 10.2. The molecule has 0 saturated carbocycles. The molecule has 0 radical (unpaired) electrons. The number of benzene rings is 1. The van der Waals surface area contributed by atoms with Crippen LogP contribution in [0, 0.1) is 0 Å². The van der Waals surface area contributed by atoms with Crippen molar-refractivity contribution < 1.29 is 18.0 Å². The Kier molecular flexibility index (Phi) is 6.27. The predicted molar refractivity (Wildman–Crippen MR) is 77.0 cm³/mol. The van der Waals surface area contributed by atoms with E-state index in [0.717, 1.165) is 38.1 Å². The molecule has 1 aromatic rings. The average Bonchev–Trinajstić information content (AvgIpc) is 3.00. The lowest BCUT2D eigenvalue weighted by Crippen LogP contribution is -2.25. The third kappa shape index (κ3) is 5.49. The van der Waals surface area contributed by atoms with Crippen molar-refractivity contribution in [2.75, 3.05) is 25.5 Å². The zero-order chi connectivity index (χ0) is 15.9. The van der Waals surface area contributed by atoms with Crippen molar-refractivity contribution in [3.8, 4) is 0 Å². The Balaban J connectivity index is 0.000000219. The van der Waals surface area contributed by atoms with Gasteiger partial charge in [0.05, 0.1) is 5.56 Å². The Hall–Kier alpha value is -1.98. The lowest BCUT2D eigenvalue weighted by molar-refractivity contribution is -0.137. The van der Waals surface area contributed by atoms with E-state index in [1.165, 1.54) is 12.1 Å². The van der Waals surface area contributed by atoms with Gasteiger partial charge in [0, 0.05) is 25.8 Å². The van der Waals surface area contributed by atoms with Crippen molar-refractivity contribution in [3.63, 3.8) is 0 Å². The molecule has 1 amide bonds. The minimum atomic E-state index is -4.26. The third-order valence-electron chi connectivity index (χ3n) is 3.07. The van der Waals surface area contributed by atoms with E-state index in [1.807, 2.05) is 4.90 Å². The molecule has 0 bridgehead atoms. The van der Waals surface area contributed by atoms with Crippen LogP contribution in [0.5, 0.6) is 0 Å². The molecule has 1 saturated heterocycles. The van der Waals surface area contributed by atoms with E-state index >= 15 is 0 Å². The Labute approximate surface area is 122 Å². The Bertz CT molecular complexity index is 480. The number of carbonyl (C=O) groups is 1. The Morgan fingerprint density at radius 3 is 2.43 bits per heavy atom. The van der Waals surface area contributed by atoms with Crippen LogP contribution in [0.3, 0.4) is 0 Å². The van der Waals surface area contributed by atoms with Gasteiger partial charge >= 0.3 is 6.18 Å². The largest absolute Gasteiger partial charge is 0.416 e. The maximum absolute atomic E-state index is 12.1. The van der Waals surface area contributed by atoms with E-state index in [9.17, 15) is 18.0 Å². The summed E-state index contributed by atoms with van der Waals surface area (Å²) in [6, 6.07) is 5.06. The summed E-state index contributed by atoms with van der Waals surface area (Å²) in [4.78, 5) is 12.6. The summed E-state index contributed by atoms with van der Waals surface area (Å²) in [5.74, 6) is 0.0764. The summed E-state index contributed by atoms with van der Waals surface area (Å²) < 4.78 is 36.2. The molecule has 0 unspecified atom stereocenters. The highest BCUT2D eigenvalue weighted by Crippen LogP contribution is 2.30. The monoisotopic (exact) mass is 300 g/mol. The maximum atomic E-state index is 12.1. The fourth-order valence-corrected chi connectivity index (χ4v) is 1.92. The molecule has 116 valence electrons. The molecule has 1 aromatic carbocycles. The predicted octanol–water partition coefficient (Wildman–Crippen LogP) is 3.54. The van der Waals surface area contributed by atoms with Gasteiger partial charge in [0.15, 0.2) is 0 Å². The van der Waals surface area contributed by atoms with Gasteiger partial charge in [-0.3, -0.25) is 4.79 Å². The molecule has 3 nitrogen and oxygen atoms in total. The number of hydrogen-bond donors (Lipinski definition) is 1. The van der Waals surface area contributed by atoms with Gasteiger partial charge in [-0.25, -0.2) is 0 Å². The number of nitrogens with one attached hydrogen (secondary N) is 1. The molecule has 0 aliphatic carbocycles. The van der Waals surface area contributed by atoms with Gasteiger partial charge in [-0.15, -0.1) is 0 Å². The van der Waals surface area contributed by atoms with Gasteiger partial charge in [-0.05, 0) is 37.1 Å². The number of anilines is 1. The first-order chi connectivity index (χ1) is 9.88. The van der Waals surface area contributed by atoms with Crippen molar-refractivity contribution >= 4 is 11.6 Å². The number of amides is 1. The smallest absolute Gasteiger partial charge is 0.388 e. The lowest BCUT2D eigenvalue weighted by Gasteiger charge is -2.10. The molecule has 1 aliphatic heterocycles. The van der Waals surface area contributed by atoms with Crippen molar-refractivity contribution in [1.82, 2.24) is 4.90 Å². The second-order valence-corrected chi connectivity index (χ2v) is 4.57. The van der Waals surface area contributed by atoms with Crippen LogP contribution in [0.25, 0.3) is 0 Å². The quantitative estimate of drug-likeness (QED) is 0.847. The zero-order valence-electron chi connectivity index (χ0n) is 11.9. The molecule has 1 heterocycles. The first kappa shape index (κ1) is 17.1. The minimum Gasteiger partial charge on any atom is -0.388 e. The van der Waals surface area contributed by atoms with Crippen LogP contribution in [0.1, 0.15) is 18.4 Å². The number of likely N-dealkylation sites (tertiary alicyclic amines) is 1. The fourth-order valence-electron chi connectivity index (χ4n) is 1.92. The standard InChI is InChI=1S/C8H8F3N.C7H11NO/c1-12-7-4-2-3-6(5-7)8(9,10)11;1-2-7(9)8-5-3-4-6-8/h2-5,12H,1H3;2H,1,3-6H2. The molecular formula is C15H19F3N2O. The van der Waals surface area contributed by atoms with Crippen LogP contribution in [0.2, 0.25) is 0 Å². The SMILES string of the molecule is C=CC(=O)N1CCCC1.CNc1cccc(C(F)(F)F)c1. The molecule has 1 fully saturated rings. The molecular weight excluding hydrogens is 281 g/mol. The molecule has 1 N–H and O–H groups in total. The molecule has 6 heteroatoms. The van der Waals surface area contributed by atoms with Crippen molar-refractivity contribution in [2.24, 2.45) is 0 Å². The summed E-state index contributed by atoms with van der Waals surface area (Å²) >= 11 is 0. The van der Waals surface area contributed by atoms with Gasteiger partial charge in [-0.2, -0.15) is 13.2 Å². The van der Waals surface area contributed by atoms with Gasteiger partial charge in [0.2, 0.25) is 5.91 Å². The minimum absolute atomic E-state index is 0.0764. The van der Waals surface area contributed by atoms with Gasteiger partial charge in [0.25, 0.3) is 0 Å². The van der Waals surface area contributed by atoms with Crippen molar-refractivity contribution in [2.45, 2.75) is 19.0 Å². The highest BCUT2D eigenvalue weighted by molar-refractivity contribution is 5.87. The number of nitrogens with zero attached hydrogens (tertiary/aromatic N) is 1. The van der Waals surface area contributed by atoms with Crippen LogP contribution in [0.4, 0.5) is 18.9 Å². The summed E-state index contributed by atoms with van der Waals surface area (Å²) in [5, 5.41) is 2.64. The number of hydrogen-bond acceptors (Lipinski definition) is 2. The van der Waals surface area contributed by atoms with Crippen LogP contribution in [-0.4, -0.2) is 30.9 Å². The highest BCUT2D eigenvalue weighted by atomic mass is 19.4. The Morgan fingerprint density at radius 2 is 1.95 bits per heavy atom. The highest BCUT2D eigenvalue weighted by Gasteiger charge is 2.30. The molecule has 2 rings (SSSR count). The van der Waals surface area contributed by atoms with Crippen molar-refractivity contribution in [1.29, 1.82) is 0 Å². The first-order valence-electron chi connectivity index (χ1n) is 6.65. The third-order valence-corrected chi connectivity index (χ3v) is 3.07. The van der Waals surface area contributed by atoms with Gasteiger partial charge in [-0.1, -0.05) is 12.6 Å². The van der Waals surface area contributed by atoms with E-state index in [2.05, 4.69) is 11.9 Å². The second kappa shape index (κ2) is 7.71. The molecule has 21 heavy (non-hydrogen) atoms. The van der Waals surface area contributed by atoms with Crippen LogP contribution < -0.4 is 5.32 Å². The summed E-state index contributed by atoms with van der Waals surface area (Å²) in [6.45, 7) is 5.26. The fraction of sp³-hybridized carbons (Fsp3) is 0.400. The zero-order valence-corrected chi connectivity index (χ0v) is 11.9. The number of alkyl halides is 3. The van der Waals surface area contributed by atoms with Gasteiger partial charge < -0.3 is 10.2 Å². The van der Waals surface area contributed by atoms with Crippen LogP contribution in [-0.2, 0) is 11.0 Å². The maximum Gasteiger partial charge on any atom is 0.416 e. The summed E-state index contributed by atoms with van der Waals surface area (Å²) in [5.41, 5.74) is -0.167. The van der Waals surface area contributed by atoms with E-state index in [1.54, 1.807) is 13.1 Å². The molecule has 0 aromatic heterocycles. The first-order valence-corrected chi connectivity index (χ1v) is 6.65.